The summed E-state index contributed by atoms with van der Waals surface area (Å²) in [5.74, 6) is 0.607. The maximum atomic E-state index is 11.8. The van der Waals surface area contributed by atoms with Crippen LogP contribution in [0.1, 0.15) is 79.1 Å². The Hall–Kier alpha value is 1.30. The van der Waals surface area contributed by atoms with Gasteiger partial charge in [-0.3, -0.25) is 4.57 Å². The Labute approximate surface area is 165 Å². The SMILES string of the molecule is CCCCC(CC)COP(=O)([O-])OCC(CC)CCCC.[La]. The van der Waals surface area contributed by atoms with Gasteiger partial charge in [-0.2, -0.15) is 0 Å². The number of phosphoric ester groups is 1. The Morgan fingerprint density at radius 3 is 1.50 bits per heavy atom. The standard InChI is InChI=1S/C16H35O4P.La/c1-5-9-11-15(7-3)13-19-21(17,18)20-14-16(8-4)12-10-6-2;/h15-16H,5-14H2,1-4H3,(H,17,18);/p-1. The molecule has 0 amide bonds. The van der Waals surface area contributed by atoms with Crippen LogP contribution in [0.4, 0.5) is 0 Å². The molecule has 0 fully saturated rings. The molecule has 2 unspecified atom stereocenters. The number of phosphoric acid groups is 1. The van der Waals surface area contributed by atoms with E-state index < -0.39 is 7.82 Å². The molecule has 0 spiro atoms. The molecule has 0 aromatic heterocycles. The molecule has 0 N–H and O–H groups in total. The fourth-order valence-corrected chi connectivity index (χ4v) is 3.09. The average Bonchev–Trinajstić information content (AvgIpc) is 2.47. The fourth-order valence-electron chi connectivity index (χ4n) is 2.23. The molecule has 4 nitrogen and oxygen atoms in total. The van der Waals surface area contributed by atoms with Crippen LogP contribution in [0.2, 0.25) is 0 Å². The second-order valence-electron chi connectivity index (χ2n) is 5.87. The van der Waals surface area contributed by atoms with E-state index in [9.17, 15) is 9.46 Å². The smallest absolute Gasteiger partial charge is 0.267 e. The monoisotopic (exact) mass is 460 g/mol. The van der Waals surface area contributed by atoms with Crippen molar-refractivity contribution < 1.29 is 54.1 Å². The van der Waals surface area contributed by atoms with Crippen molar-refractivity contribution in [3.05, 3.63) is 0 Å². The Balaban J connectivity index is 0. The third-order valence-corrected chi connectivity index (χ3v) is 4.95. The van der Waals surface area contributed by atoms with Gasteiger partial charge in [0.1, 0.15) is 0 Å². The summed E-state index contributed by atoms with van der Waals surface area (Å²) in [6.07, 6.45) is 8.38. The summed E-state index contributed by atoms with van der Waals surface area (Å²) in [6.45, 7) is 8.91. The molecule has 0 saturated heterocycles. The third-order valence-electron chi connectivity index (χ3n) is 4.02. The fraction of sp³-hybridized carbons (Fsp3) is 1.00. The van der Waals surface area contributed by atoms with Crippen LogP contribution in [0, 0.1) is 47.4 Å². The van der Waals surface area contributed by atoms with Crippen molar-refractivity contribution in [1.29, 1.82) is 0 Å². The van der Waals surface area contributed by atoms with Gasteiger partial charge in [0.15, 0.2) is 0 Å². The van der Waals surface area contributed by atoms with Gasteiger partial charge >= 0.3 is 0 Å². The van der Waals surface area contributed by atoms with Gasteiger partial charge in [0.25, 0.3) is 7.82 Å². The zero-order valence-corrected chi connectivity index (χ0v) is 19.4. The van der Waals surface area contributed by atoms with Gasteiger partial charge in [-0.1, -0.05) is 66.2 Å². The molecule has 2 atom stereocenters. The van der Waals surface area contributed by atoms with E-state index in [0.717, 1.165) is 51.4 Å². The molecule has 0 aliphatic heterocycles. The second-order valence-corrected chi connectivity index (χ2v) is 7.28. The van der Waals surface area contributed by atoms with Crippen LogP contribution in [0.15, 0.2) is 0 Å². The maximum Gasteiger partial charge on any atom is 0.267 e. The summed E-state index contributed by atoms with van der Waals surface area (Å²) in [7, 11) is -4.14. The molecule has 0 aliphatic rings. The van der Waals surface area contributed by atoms with E-state index in [-0.39, 0.29) is 48.8 Å². The van der Waals surface area contributed by atoms with E-state index in [2.05, 4.69) is 27.7 Å². The largest absolute Gasteiger partial charge is 0.756 e. The molecule has 0 aromatic carbocycles. The minimum Gasteiger partial charge on any atom is -0.756 e. The van der Waals surface area contributed by atoms with Gasteiger partial charge in [-0.25, -0.2) is 0 Å². The van der Waals surface area contributed by atoms with Crippen molar-refractivity contribution in [3.63, 3.8) is 0 Å². The van der Waals surface area contributed by atoms with Crippen LogP contribution in [-0.2, 0) is 13.6 Å². The van der Waals surface area contributed by atoms with Crippen molar-refractivity contribution in [3.8, 4) is 0 Å². The van der Waals surface area contributed by atoms with E-state index in [4.69, 9.17) is 9.05 Å². The van der Waals surface area contributed by atoms with Crippen LogP contribution < -0.4 is 4.89 Å². The minimum atomic E-state index is -4.14. The number of unbranched alkanes of at least 4 members (excludes halogenated alkanes) is 2. The topological polar surface area (TPSA) is 58.6 Å². The predicted octanol–water partition coefficient (Wildman–Crippen LogP) is 4.92. The second kappa shape index (κ2) is 15.8. The molecule has 0 saturated carbocycles. The Morgan fingerprint density at radius 2 is 1.23 bits per heavy atom. The van der Waals surface area contributed by atoms with Crippen LogP contribution in [0.3, 0.4) is 0 Å². The first-order valence-electron chi connectivity index (χ1n) is 8.59. The van der Waals surface area contributed by atoms with Crippen LogP contribution in [0.25, 0.3) is 0 Å². The number of hydrogen-bond donors (Lipinski definition) is 0. The molecular formula is C16H34LaO4P-. The summed E-state index contributed by atoms with van der Waals surface area (Å²) in [6, 6.07) is 0. The van der Waals surface area contributed by atoms with Crippen LogP contribution >= 0.6 is 7.82 Å². The zero-order valence-electron chi connectivity index (χ0n) is 14.9. The summed E-state index contributed by atoms with van der Waals surface area (Å²) in [5.41, 5.74) is 0. The van der Waals surface area contributed by atoms with Crippen LogP contribution in [0.5, 0.6) is 0 Å². The van der Waals surface area contributed by atoms with E-state index in [0.29, 0.717) is 11.8 Å². The van der Waals surface area contributed by atoms with Crippen molar-refractivity contribution in [2.24, 2.45) is 11.8 Å². The molecule has 131 valence electrons. The summed E-state index contributed by atoms with van der Waals surface area (Å²) < 4.78 is 21.9. The first-order chi connectivity index (χ1) is 9.99. The average molecular weight is 460 g/mol. The van der Waals surface area contributed by atoms with Crippen molar-refractivity contribution in [2.75, 3.05) is 13.2 Å². The van der Waals surface area contributed by atoms with E-state index in [1.807, 2.05) is 0 Å². The first-order valence-corrected chi connectivity index (χ1v) is 10.0. The molecule has 0 aliphatic carbocycles. The van der Waals surface area contributed by atoms with E-state index in [1.165, 1.54) is 0 Å². The molecule has 6 heteroatoms. The first kappa shape index (κ1) is 25.5. The van der Waals surface area contributed by atoms with Crippen LogP contribution in [-0.4, -0.2) is 13.2 Å². The molecular weight excluding hydrogens is 426 g/mol. The Kier molecular flexibility index (Phi) is 18.4. The van der Waals surface area contributed by atoms with Crippen molar-refractivity contribution >= 4 is 7.82 Å². The summed E-state index contributed by atoms with van der Waals surface area (Å²) in [4.78, 5) is 11.8. The van der Waals surface area contributed by atoms with E-state index >= 15 is 0 Å². The summed E-state index contributed by atoms with van der Waals surface area (Å²) in [5, 5.41) is 0. The van der Waals surface area contributed by atoms with Crippen molar-refractivity contribution in [2.45, 2.75) is 79.1 Å². The van der Waals surface area contributed by atoms with E-state index in [1.54, 1.807) is 0 Å². The van der Waals surface area contributed by atoms with Gasteiger partial charge < -0.3 is 13.9 Å². The molecule has 22 heavy (non-hydrogen) atoms. The van der Waals surface area contributed by atoms with Gasteiger partial charge in [0.2, 0.25) is 0 Å². The molecule has 0 bridgehead atoms. The maximum absolute atomic E-state index is 11.8. The molecule has 0 aromatic rings. The Bertz CT molecular complexity index is 265. The van der Waals surface area contributed by atoms with Crippen molar-refractivity contribution in [1.82, 2.24) is 0 Å². The van der Waals surface area contributed by atoms with Gasteiger partial charge in [0, 0.05) is 35.6 Å². The predicted molar refractivity (Wildman–Crippen MR) is 86.1 cm³/mol. The Morgan fingerprint density at radius 1 is 0.864 bits per heavy atom. The minimum absolute atomic E-state index is 0. The zero-order chi connectivity index (χ0) is 16.1. The molecule has 0 rings (SSSR count). The third kappa shape index (κ3) is 13.7. The molecule has 0 heterocycles. The summed E-state index contributed by atoms with van der Waals surface area (Å²) >= 11 is 0. The quantitative estimate of drug-likeness (QED) is 0.346. The van der Waals surface area contributed by atoms with Gasteiger partial charge in [-0.05, 0) is 24.7 Å². The van der Waals surface area contributed by atoms with Gasteiger partial charge in [0.05, 0.1) is 13.2 Å². The normalized spacial score (nSPS) is 16.6. The molecule has 1 radical (unpaired) electrons. The van der Waals surface area contributed by atoms with Gasteiger partial charge in [-0.15, -0.1) is 0 Å². The number of rotatable bonds is 14. The number of hydrogen-bond acceptors (Lipinski definition) is 4.